The fraction of sp³-hybridized carbons (Fsp3) is 0.333. The molecule has 0 saturated carbocycles. The minimum Gasteiger partial charge on any atom is -0.487 e. The molecule has 3 aromatic rings. The van der Waals surface area contributed by atoms with Crippen molar-refractivity contribution in [3.05, 3.63) is 53.7 Å². The number of nitrogens with one attached hydrogen (secondary N) is 1. The fourth-order valence-electron chi connectivity index (χ4n) is 3.99. The zero-order valence-electron chi connectivity index (χ0n) is 17.6. The summed E-state index contributed by atoms with van der Waals surface area (Å²) in [5.41, 5.74) is 4.21. The zero-order valence-corrected chi connectivity index (χ0v) is 17.6. The van der Waals surface area contributed by atoms with E-state index < -0.39 is 0 Å². The first-order chi connectivity index (χ1) is 15.1. The maximum atomic E-state index is 9.11. The Bertz CT molecular complexity index is 1100. The molecule has 0 saturated heterocycles. The van der Waals surface area contributed by atoms with Crippen molar-refractivity contribution in [3.63, 3.8) is 0 Å². The predicted molar refractivity (Wildman–Crippen MR) is 116 cm³/mol. The lowest BCUT2D eigenvalue weighted by molar-refractivity contribution is 0.234. The average Bonchev–Trinajstić information content (AvgIpc) is 3.41. The Hall–Kier alpha value is -3.34. The van der Waals surface area contributed by atoms with E-state index in [2.05, 4.69) is 16.4 Å². The van der Waals surface area contributed by atoms with Crippen LogP contribution in [0.4, 0.5) is 0 Å². The van der Waals surface area contributed by atoms with Crippen molar-refractivity contribution in [1.82, 2.24) is 10.3 Å². The second-order valence-corrected chi connectivity index (χ2v) is 7.69. The van der Waals surface area contributed by atoms with E-state index in [1.54, 1.807) is 24.6 Å². The van der Waals surface area contributed by atoms with Gasteiger partial charge in [0.05, 0.1) is 18.9 Å². The first kappa shape index (κ1) is 20.9. The molecule has 1 heterocycles. The van der Waals surface area contributed by atoms with Gasteiger partial charge >= 0.3 is 0 Å². The summed E-state index contributed by atoms with van der Waals surface area (Å²) in [6.45, 7) is 4.51. The molecule has 1 aliphatic rings. The number of hydrogen-bond acceptors (Lipinski definition) is 7. The van der Waals surface area contributed by atoms with Gasteiger partial charge in [-0.1, -0.05) is 18.2 Å². The average molecular weight is 419 g/mol. The number of nitrogens with zero attached hydrogens (tertiary/aromatic N) is 2. The zero-order chi connectivity index (χ0) is 21.8. The number of rotatable bonds is 8. The van der Waals surface area contributed by atoms with Gasteiger partial charge in [0, 0.05) is 23.7 Å². The number of aliphatic hydroxyl groups excluding tert-OH is 1. The van der Waals surface area contributed by atoms with E-state index >= 15 is 0 Å². The van der Waals surface area contributed by atoms with Crippen molar-refractivity contribution in [3.8, 4) is 40.5 Å². The van der Waals surface area contributed by atoms with Gasteiger partial charge in [-0.3, -0.25) is 0 Å². The maximum absolute atomic E-state index is 9.11. The van der Waals surface area contributed by atoms with Gasteiger partial charge in [-0.2, -0.15) is 0 Å². The summed E-state index contributed by atoms with van der Waals surface area (Å²) in [6.07, 6.45) is 5.30. The molecule has 0 aliphatic heterocycles. The van der Waals surface area contributed by atoms with Crippen molar-refractivity contribution in [2.45, 2.75) is 38.8 Å². The molecule has 0 amide bonds. The minimum absolute atomic E-state index is 0.0453. The van der Waals surface area contributed by atoms with Crippen LogP contribution in [0.15, 0.2) is 47.0 Å². The molecule has 0 fully saturated rings. The van der Waals surface area contributed by atoms with Gasteiger partial charge in [0.1, 0.15) is 0 Å². The topological polar surface area (TPSA) is 101 Å². The highest BCUT2D eigenvalue weighted by Gasteiger charge is 2.25. The largest absolute Gasteiger partial charge is 0.487 e. The van der Waals surface area contributed by atoms with Gasteiger partial charge in [0.25, 0.3) is 6.26 Å². The number of fused-ring (bicyclic) bond motifs is 1. The molecule has 1 atom stereocenters. The second-order valence-electron chi connectivity index (χ2n) is 7.69. The molecule has 7 nitrogen and oxygen atoms in total. The van der Waals surface area contributed by atoms with Crippen LogP contribution in [-0.2, 0) is 6.42 Å². The second kappa shape index (κ2) is 9.21. The first-order valence-electron chi connectivity index (χ1n) is 10.4. The first-order valence-corrected chi connectivity index (χ1v) is 10.4. The molecule has 7 heteroatoms. The standard InChI is InChI=1S/C24H25N3O4/c1-15(2)30-21-9-6-16(12-22(21)29-14-25)24-27-13-23(31-24)19-5-3-4-18-17(19)7-8-20(18)26-10-11-28/h3-6,9,12-13,15,20,26,28H,7-8,10-11H2,1-2H3. The lowest BCUT2D eigenvalue weighted by atomic mass is 10.0. The van der Waals surface area contributed by atoms with Crippen LogP contribution in [0.3, 0.4) is 0 Å². The van der Waals surface area contributed by atoms with Gasteiger partial charge in [-0.25, -0.2) is 4.98 Å². The van der Waals surface area contributed by atoms with Crippen LogP contribution in [0.5, 0.6) is 11.5 Å². The number of aromatic nitrogens is 1. The minimum atomic E-state index is -0.0453. The van der Waals surface area contributed by atoms with Gasteiger partial charge in [0.2, 0.25) is 5.89 Å². The fourth-order valence-corrected chi connectivity index (χ4v) is 3.99. The normalized spacial score (nSPS) is 15.0. The number of benzene rings is 2. The molecule has 1 aromatic heterocycles. The van der Waals surface area contributed by atoms with Crippen LogP contribution in [0.2, 0.25) is 0 Å². The van der Waals surface area contributed by atoms with Crippen LogP contribution in [-0.4, -0.2) is 29.3 Å². The Labute approximate surface area is 181 Å². The van der Waals surface area contributed by atoms with Crippen LogP contribution >= 0.6 is 0 Å². The summed E-state index contributed by atoms with van der Waals surface area (Å²) < 4.78 is 16.9. The number of ether oxygens (including phenoxy) is 2. The summed E-state index contributed by atoms with van der Waals surface area (Å²) in [6, 6.07) is 11.7. The van der Waals surface area contributed by atoms with Crippen molar-refractivity contribution >= 4 is 0 Å². The Morgan fingerprint density at radius 2 is 2.16 bits per heavy atom. The Morgan fingerprint density at radius 3 is 2.94 bits per heavy atom. The van der Waals surface area contributed by atoms with E-state index in [1.807, 2.05) is 32.0 Å². The van der Waals surface area contributed by atoms with Crippen molar-refractivity contribution in [2.24, 2.45) is 0 Å². The van der Waals surface area contributed by atoms with E-state index in [1.165, 1.54) is 11.1 Å². The molecule has 1 unspecified atom stereocenters. The van der Waals surface area contributed by atoms with Crippen LogP contribution in [0, 0.1) is 11.5 Å². The summed E-state index contributed by atoms with van der Waals surface area (Å²) in [7, 11) is 0. The van der Waals surface area contributed by atoms with E-state index in [0.717, 1.165) is 18.4 Å². The molecule has 4 rings (SSSR count). The number of aliphatic hydroxyl groups is 1. The monoisotopic (exact) mass is 419 g/mol. The van der Waals surface area contributed by atoms with Crippen LogP contribution in [0.1, 0.15) is 37.4 Å². The third-order valence-corrected chi connectivity index (χ3v) is 5.25. The van der Waals surface area contributed by atoms with Crippen LogP contribution in [0.25, 0.3) is 22.8 Å². The quantitative estimate of drug-likeness (QED) is 0.527. The van der Waals surface area contributed by atoms with Gasteiger partial charge in [0.15, 0.2) is 17.3 Å². The lowest BCUT2D eigenvalue weighted by Gasteiger charge is -2.13. The predicted octanol–water partition coefficient (Wildman–Crippen LogP) is 4.22. The number of nitriles is 1. The van der Waals surface area contributed by atoms with Crippen LogP contribution < -0.4 is 14.8 Å². The van der Waals surface area contributed by atoms with Gasteiger partial charge < -0.3 is 24.3 Å². The molecular formula is C24H25N3O4. The number of hydrogen-bond donors (Lipinski definition) is 2. The molecule has 0 spiro atoms. The smallest absolute Gasteiger partial charge is 0.292 e. The summed E-state index contributed by atoms with van der Waals surface area (Å²) in [4.78, 5) is 4.45. The van der Waals surface area contributed by atoms with E-state index in [-0.39, 0.29) is 18.8 Å². The molecule has 31 heavy (non-hydrogen) atoms. The third-order valence-electron chi connectivity index (χ3n) is 5.25. The molecule has 2 aromatic carbocycles. The summed E-state index contributed by atoms with van der Waals surface area (Å²) in [5.74, 6) is 1.96. The molecule has 2 N–H and O–H groups in total. The maximum Gasteiger partial charge on any atom is 0.292 e. The highest BCUT2D eigenvalue weighted by atomic mass is 16.5. The molecule has 160 valence electrons. The van der Waals surface area contributed by atoms with Crippen molar-refractivity contribution in [2.75, 3.05) is 13.2 Å². The lowest BCUT2D eigenvalue weighted by Crippen LogP contribution is -2.22. The SMILES string of the molecule is CC(C)Oc1ccc(-c2ncc(-c3cccc4c3CCC4NCCO)o2)cc1OC#N. The molecule has 0 bridgehead atoms. The Morgan fingerprint density at radius 1 is 1.29 bits per heavy atom. The van der Waals surface area contributed by atoms with Crippen molar-refractivity contribution in [1.29, 1.82) is 5.26 Å². The Balaban J connectivity index is 1.63. The Kier molecular flexibility index (Phi) is 6.21. The number of oxazole rings is 1. The third kappa shape index (κ3) is 4.41. The summed E-state index contributed by atoms with van der Waals surface area (Å²) in [5, 5.41) is 21.5. The highest BCUT2D eigenvalue weighted by Crippen LogP contribution is 2.39. The van der Waals surface area contributed by atoms with Crippen molar-refractivity contribution < 1.29 is 19.0 Å². The molecular weight excluding hydrogens is 394 g/mol. The highest BCUT2D eigenvalue weighted by molar-refractivity contribution is 5.68. The van der Waals surface area contributed by atoms with E-state index in [0.29, 0.717) is 35.3 Å². The molecule has 0 radical (unpaired) electrons. The molecule has 1 aliphatic carbocycles. The summed E-state index contributed by atoms with van der Waals surface area (Å²) >= 11 is 0. The van der Waals surface area contributed by atoms with Gasteiger partial charge in [-0.05, 0) is 56.0 Å². The van der Waals surface area contributed by atoms with E-state index in [9.17, 15) is 0 Å². The van der Waals surface area contributed by atoms with Gasteiger partial charge in [-0.15, -0.1) is 5.26 Å². The van der Waals surface area contributed by atoms with E-state index in [4.69, 9.17) is 24.3 Å².